The molecule has 0 bridgehead atoms. The molecule has 3 nitrogen and oxygen atoms in total. The highest BCUT2D eigenvalue weighted by atomic mass is 19.2. The third kappa shape index (κ3) is 4.49. The molecule has 116 valence electrons. The molecular weight excluding hydrogens is 276 g/mol. The van der Waals surface area contributed by atoms with Crippen LogP contribution >= 0.6 is 0 Å². The number of carbonyl (C=O) groups is 1. The average molecular weight is 297 g/mol. The average Bonchev–Trinajstić information content (AvgIpc) is 2.47. The van der Waals surface area contributed by atoms with Crippen LogP contribution in [-0.4, -0.2) is 23.2 Å². The fraction of sp³-hybridized carbons (Fsp3) is 0.562. The zero-order valence-corrected chi connectivity index (χ0v) is 12.0. The summed E-state index contributed by atoms with van der Waals surface area (Å²) in [7, 11) is 0. The summed E-state index contributed by atoms with van der Waals surface area (Å²) in [6, 6.07) is 3.95. The lowest BCUT2D eigenvalue weighted by molar-refractivity contribution is -0.122. The minimum atomic E-state index is -0.899. The highest BCUT2D eigenvalue weighted by molar-refractivity contribution is 5.76. The van der Waals surface area contributed by atoms with Crippen LogP contribution in [0.15, 0.2) is 18.2 Å². The number of carbonyl (C=O) groups excluding carboxylic acids is 1. The molecule has 2 rings (SSSR count). The molecule has 1 aliphatic rings. The van der Waals surface area contributed by atoms with Gasteiger partial charge in [-0.25, -0.2) is 8.78 Å². The zero-order chi connectivity index (χ0) is 15.3. The van der Waals surface area contributed by atoms with Crippen molar-refractivity contribution in [2.24, 2.45) is 0 Å². The van der Waals surface area contributed by atoms with E-state index < -0.39 is 17.2 Å². The first kappa shape index (κ1) is 15.9. The fourth-order valence-corrected chi connectivity index (χ4v) is 2.73. The molecule has 21 heavy (non-hydrogen) atoms. The summed E-state index contributed by atoms with van der Waals surface area (Å²) in [5.74, 6) is -2.04. The van der Waals surface area contributed by atoms with Gasteiger partial charge in [0.15, 0.2) is 11.6 Å². The number of rotatable bonds is 5. The van der Waals surface area contributed by atoms with Crippen LogP contribution in [0.4, 0.5) is 8.78 Å². The topological polar surface area (TPSA) is 49.3 Å². The van der Waals surface area contributed by atoms with Gasteiger partial charge in [-0.05, 0) is 30.9 Å². The predicted octanol–water partition coefficient (Wildman–Crippen LogP) is 2.71. The Morgan fingerprint density at radius 1 is 1.24 bits per heavy atom. The van der Waals surface area contributed by atoms with Gasteiger partial charge in [-0.3, -0.25) is 4.79 Å². The summed E-state index contributed by atoms with van der Waals surface area (Å²) in [6.45, 7) is 0.234. The molecular formula is C16H21F2NO2. The molecule has 1 saturated carbocycles. The number of hydrogen-bond acceptors (Lipinski definition) is 2. The van der Waals surface area contributed by atoms with Crippen molar-refractivity contribution in [3.8, 4) is 0 Å². The molecule has 0 heterocycles. The molecule has 0 aliphatic heterocycles. The van der Waals surface area contributed by atoms with Crippen LogP contribution in [-0.2, 0) is 11.2 Å². The Kier molecular flexibility index (Phi) is 5.28. The van der Waals surface area contributed by atoms with Crippen molar-refractivity contribution >= 4 is 5.91 Å². The number of halogens is 2. The van der Waals surface area contributed by atoms with Gasteiger partial charge in [0.2, 0.25) is 5.91 Å². The number of hydrogen-bond donors (Lipinski definition) is 2. The maximum atomic E-state index is 13.4. The molecule has 0 aromatic heterocycles. The lowest BCUT2D eigenvalue weighted by atomic mass is 9.85. The third-order valence-electron chi connectivity index (χ3n) is 4.05. The third-order valence-corrected chi connectivity index (χ3v) is 4.05. The molecule has 5 heteroatoms. The maximum absolute atomic E-state index is 13.4. The van der Waals surface area contributed by atoms with Gasteiger partial charge in [-0.1, -0.05) is 31.4 Å². The van der Waals surface area contributed by atoms with E-state index in [1.54, 1.807) is 0 Å². The summed E-state index contributed by atoms with van der Waals surface area (Å²) in [5, 5.41) is 13.0. The quantitative estimate of drug-likeness (QED) is 0.878. The summed E-state index contributed by atoms with van der Waals surface area (Å²) < 4.78 is 26.5. The molecule has 1 amide bonds. The minimum Gasteiger partial charge on any atom is -0.388 e. The first-order chi connectivity index (χ1) is 10.0. The van der Waals surface area contributed by atoms with E-state index in [-0.39, 0.29) is 30.9 Å². The van der Waals surface area contributed by atoms with Gasteiger partial charge in [0.05, 0.1) is 5.60 Å². The van der Waals surface area contributed by atoms with Crippen LogP contribution in [0.2, 0.25) is 0 Å². The van der Waals surface area contributed by atoms with E-state index in [4.69, 9.17) is 0 Å². The highest BCUT2D eigenvalue weighted by Gasteiger charge is 2.29. The van der Waals surface area contributed by atoms with Gasteiger partial charge < -0.3 is 10.4 Å². The molecule has 1 fully saturated rings. The standard InChI is InChI=1S/C16H21F2NO2/c17-13-6-4-5-12(15(13)18)7-8-14(20)19-11-16(21)9-2-1-3-10-16/h4-6,21H,1-3,7-11H2,(H,19,20). The number of aliphatic hydroxyl groups is 1. The summed E-state index contributed by atoms with van der Waals surface area (Å²) in [4.78, 5) is 11.8. The summed E-state index contributed by atoms with van der Waals surface area (Å²) in [5.41, 5.74) is -0.612. The van der Waals surface area contributed by atoms with Gasteiger partial charge in [0.1, 0.15) is 0 Å². The van der Waals surface area contributed by atoms with Crippen molar-refractivity contribution < 1.29 is 18.7 Å². The molecule has 2 N–H and O–H groups in total. The number of aryl methyl sites for hydroxylation is 1. The monoisotopic (exact) mass is 297 g/mol. The van der Waals surface area contributed by atoms with Crippen molar-refractivity contribution in [3.05, 3.63) is 35.4 Å². The molecule has 0 saturated heterocycles. The van der Waals surface area contributed by atoms with E-state index in [1.807, 2.05) is 0 Å². The Hall–Kier alpha value is -1.49. The molecule has 0 atom stereocenters. The van der Waals surface area contributed by atoms with Crippen LogP contribution in [0, 0.1) is 11.6 Å². The molecule has 1 aromatic carbocycles. The Morgan fingerprint density at radius 3 is 2.67 bits per heavy atom. The number of amides is 1. The lowest BCUT2D eigenvalue weighted by Crippen LogP contribution is -2.44. The van der Waals surface area contributed by atoms with Crippen molar-refractivity contribution in [1.29, 1.82) is 0 Å². The largest absolute Gasteiger partial charge is 0.388 e. The molecule has 1 aromatic rings. The maximum Gasteiger partial charge on any atom is 0.220 e. The van der Waals surface area contributed by atoms with E-state index in [0.717, 1.165) is 25.3 Å². The van der Waals surface area contributed by atoms with Crippen LogP contribution in [0.5, 0.6) is 0 Å². The Balaban J connectivity index is 1.78. The summed E-state index contributed by atoms with van der Waals surface area (Å²) >= 11 is 0. The summed E-state index contributed by atoms with van der Waals surface area (Å²) in [6.07, 6.45) is 4.69. The Morgan fingerprint density at radius 2 is 1.95 bits per heavy atom. The van der Waals surface area contributed by atoms with Gasteiger partial charge >= 0.3 is 0 Å². The van der Waals surface area contributed by atoms with Crippen LogP contribution in [0.3, 0.4) is 0 Å². The highest BCUT2D eigenvalue weighted by Crippen LogP contribution is 2.27. The first-order valence-corrected chi connectivity index (χ1v) is 7.42. The minimum absolute atomic E-state index is 0.0798. The predicted molar refractivity (Wildman–Crippen MR) is 75.7 cm³/mol. The van der Waals surface area contributed by atoms with Crippen LogP contribution in [0.1, 0.15) is 44.1 Å². The van der Waals surface area contributed by atoms with Crippen molar-refractivity contribution in [2.45, 2.75) is 50.5 Å². The van der Waals surface area contributed by atoms with Gasteiger partial charge in [-0.15, -0.1) is 0 Å². The SMILES string of the molecule is O=C(CCc1cccc(F)c1F)NCC1(O)CCCCC1. The second-order valence-electron chi connectivity index (χ2n) is 5.77. The number of benzene rings is 1. The van der Waals surface area contributed by atoms with Crippen LogP contribution in [0.25, 0.3) is 0 Å². The molecule has 0 unspecified atom stereocenters. The second-order valence-corrected chi connectivity index (χ2v) is 5.77. The normalized spacial score (nSPS) is 17.5. The van der Waals surface area contributed by atoms with E-state index in [9.17, 15) is 18.7 Å². The zero-order valence-electron chi connectivity index (χ0n) is 12.0. The first-order valence-electron chi connectivity index (χ1n) is 7.42. The Bertz CT molecular complexity index is 499. The van der Waals surface area contributed by atoms with E-state index in [0.29, 0.717) is 12.8 Å². The van der Waals surface area contributed by atoms with E-state index in [2.05, 4.69) is 5.32 Å². The molecule has 1 aliphatic carbocycles. The second kappa shape index (κ2) is 6.98. The molecule has 0 spiro atoms. The number of nitrogens with one attached hydrogen (secondary N) is 1. The lowest BCUT2D eigenvalue weighted by Gasteiger charge is -2.32. The smallest absolute Gasteiger partial charge is 0.220 e. The van der Waals surface area contributed by atoms with Gasteiger partial charge in [0, 0.05) is 13.0 Å². The van der Waals surface area contributed by atoms with Gasteiger partial charge in [-0.2, -0.15) is 0 Å². The molecule has 0 radical (unpaired) electrons. The van der Waals surface area contributed by atoms with Crippen molar-refractivity contribution in [1.82, 2.24) is 5.32 Å². The van der Waals surface area contributed by atoms with E-state index >= 15 is 0 Å². The van der Waals surface area contributed by atoms with Crippen molar-refractivity contribution in [3.63, 3.8) is 0 Å². The van der Waals surface area contributed by atoms with Crippen LogP contribution < -0.4 is 5.32 Å². The van der Waals surface area contributed by atoms with E-state index in [1.165, 1.54) is 12.1 Å². The fourth-order valence-electron chi connectivity index (χ4n) is 2.73. The Labute approximate surface area is 123 Å². The van der Waals surface area contributed by atoms with Crippen molar-refractivity contribution in [2.75, 3.05) is 6.54 Å². The van der Waals surface area contributed by atoms with Gasteiger partial charge in [0.25, 0.3) is 0 Å².